The Bertz CT molecular complexity index is 1110. The van der Waals surface area contributed by atoms with E-state index in [0.717, 1.165) is 22.4 Å². The van der Waals surface area contributed by atoms with Crippen LogP contribution in [0.25, 0.3) is 6.08 Å². The molecular weight excluding hydrogens is 401 g/mol. The van der Waals surface area contributed by atoms with Crippen LogP contribution in [0.1, 0.15) is 29.3 Å². The van der Waals surface area contributed by atoms with E-state index in [-0.39, 0.29) is 17.5 Å². The highest BCUT2D eigenvalue weighted by atomic mass is 32.1. The Kier molecular flexibility index (Phi) is 6.42. The number of thiazole rings is 1. The lowest BCUT2D eigenvalue weighted by Gasteiger charge is -2.18. The maximum atomic E-state index is 14.2. The molecule has 3 aromatic rings. The van der Waals surface area contributed by atoms with Crippen LogP contribution in [0.15, 0.2) is 47.9 Å². The van der Waals surface area contributed by atoms with Gasteiger partial charge in [0.1, 0.15) is 5.82 Å². The fraction of sp³-hybridized carbons (Fsp3) is 0.174. The van der Waals surface area contributed by atoms with Gasteiger partial charge >= 0.3 is 0 Å². The summed E-state index contributed by atoms with van der Waals surface area (Å²) in [5.41, 5.74) is 4.55. The monoisotopic (exact) mass is 423 g/mol. The summed E-state index contributed by atoms with van der Waals surface area (Å²) in [5, 5.41) is 4.93. The molecule has 0 atom stereocenters. The normalized spacial score (nSPS) is 11.0. The lowest BCUT2D eigenvalue weighted by molar-refractivity contribution is -0.116. The highest BCUT2D eigenvalue weighted by Gasteiger charge is 2.20. The van der Waals surface area contributed by atoms with Crippen LogP contribution < -0.4 is 10.2 Å². The molecule has 5 nitrogen and oxygen atoms in total. The third kappa shape index (κ3) is 4.80. The Labute approximate surface area is 178 Å². The van der Waals surface area contributed by atoms with Gasteiger partial charge in [-0.15, -0.1) is 11.3 Å². The molecule has 1 heterocycles. The number of carbonyl (C=O) groups is 2. The highest BCUT2D eigenvalue weighted by molar-refractivity contribution is 7.14. The second-order valence-electron chi connectivity index (χ2n) is 6.96. The average Bonchev–Trinajstić information content (AvgIpc) is 3.13. The number of carbonyl (C=O) groups excluding carboxylic acids is 2. The number of amides is 2. The average molecular weight is 424 g/mol. The van der Waals surface area contributed by atoms with Crippen LogP contribution in [0.5, 0.6) is 0 Å². The minimum absolute atomic E-state index is 0.137. The number of para-hydroxylation sites is 1. The summed E-state index contributed by atoms with van der Waals surface area (Å²) in [5.74, 6) is -1.15. The smallest absolute Gasteiger partial charge is 0.248 e. The van der Waals surface area contributed by atoms with Crippen LogP contribution in [0.3, 0.4) is 0 Å². The number of nitrogens with zero attached hydrogens (tertiary/aromatic N) is 2. The minimum atomic E-state index is -0.511. The van der Waals surface area contributed by atoms with Crippen LogP contribution in [0.4, 0.5) is 20.9 Å². The molecule has 0 bridgehead atoms. The molecule has 30 heavy (non-hydrogen) atoms. The second-order valence-corrected chi connectivity index (χ2v) is 7.79. The van der Waals surface area contributed by atoms with Gasteiger partial charge in [-0.25, -0.2) is 9.37 Å². The van der Waals surface area contributed by atoms with E-state index in [1.165, 1.54) is 41.4 Å². The Hall–Kier alpha value is -3.32. The summed E-state index contributed by atoms with van der Waals surface area (Å²) in [6, 6.07) is 10.0. The fourth-order valence-corrected chi connectivity index (χ4v) is 4.05. The number of hydrogen-bond acceptors (Lipinski definition) is 4. The van der Waals surface area contributed by atoms with E-state index in [9.17, 15) is 14.0 Å². The molecule has 7 heteroatoms. The van der Waals surface area contributed by atoms with Gasteiger partial charge in [-0.05, 0) is 50.1 Å². The third-order valence-electron chi connectivity index (χ3n) is 4.44. The number of benzene rings is 2. The Balaban J connectivity index is 1.78. The Morgan fingerprint density at radius 2 is 1.80 bits per heavy atom. The molecule has 0 aliphatic carbocycles. The van der Waals surface area contributed by atoms with E-state index in [0.29, 0.717) is 10.8 Å². The maximum absolute atomic E-state index is 14.2. The van der Waals surface area contributed by atoms with Gasteiger partial charge < -0.3 is 5.32 Å². The van der Waals surface area contributed by atoms with Gasteiger partial charge in [-0.2, -0.15) is 0 Å². The molecular formula is C23H22FN3O2S. The van der Waals surface area contributed by atoms with E-state index in [4.69, 9.17) is 0 Å². The van der Waals surface area contributed by atoms with E-state index in [1.807, 2.05) is 32.9 Å². The zero-order valence-electron chi connectivity index (χ0n) is 17.2. The van der Waals surface area contributed by atoms with Crippen molar-refractivity contribution in [2.24, 2.45) is 0 Å². The fourth-order valence-electron chi connectivity index (χ4n) is 3.20. The van der Waals surface area contributed by atoms with Crippen molar-refractivity contribution in [3.8, 4) is 0 Å². The van der Waals surface area contributed by atoms with Crippen LogP contribution in [-0.2, 0) is 9.59 Å². The van der Waals surface area contributed by atoms with Gasteiger partial charge in [-0.1, -0.05) is 29.8 Å². The minimum Gasteiger partial charge on any atom is -0.322 e. The second kappa shape index (κ2) is 9.00. The SMILES string of the molecule is CC(=O)N(c1nc(/C=C/C(=O)Nc2c(C)cc(C)cc2C)cs1)c1ccccc1F. The predicted molar refractivity (Wildman–Crippen MR) is 120 cm³/mol. The summed E-state index contributed by atoms with van der Waals surface area (Å²) in [6.07, 6.45) is 2.95. The summed E-state index contributed by atoms with van der Waals surface area (Å²) in [6.45, 7) is 7.26. The summed E-state index contributed by atoms with van der Waals surface area (Å²) in [7, 11) is 0. The van der Waals surface area contributed by atoms with Gasteiger partial charge in [-0.3, -0.25) is 14.5 Å². The molecule has 2 aromatic carbocycles. The first-order valence-electron chi connectivity index (χ1n) is 9.34. The third-order valence-corrected chi connectivity index (χ3v) is 5.28. The molecule has 154 valence electrons. The van der Waals surface area contributed by atoms with E-state index >= 15 is 0 Å². The van der Waals surface area contributed by atoms with Gasteiger partial charge in [0.15, 0.2) is 5.13 Å². The molecule has 0 spiro atoms. The quantitative estimate of drug-likeness (QED) is 0.548. The lowest BCUT2D eigenvalue weighted by Crippen LogP contribution is -2.23. The molecule has 0 saturated heterocycles. The molecule has 0 saturated carbocycles. The molecule has 0 unspecified atom stereocenters. The molecule has 0 aliphatic rings. The number of aryl methyl sites for hydroxylation is 3. The van der Waals surface area contributed by atoms with Crippen molar-refractivity contribution in [2.45, 2.75) is 27.7 Å². The Morgan fingerprint density at radius 3 is 2.43 bits per heavy atom. The van der Waals surface area contributed by atoms with Crippen molar-refractivity contribution in [3.05, 3.63) is 76.1 Å². The van der Waals surface area contributed by atoms with E-state index < -0.39 is 5.82 Å². The molecule has 2 amide bonds. The van der Waals surface area contributed by atoms with Crippen molar-refractivity contribution >= 4 is 45.7 Å². The van der Waals surface area contributed by atoms with Gasteiger partial charge in [0.2, 0.25) is 11.8 Å². The first-order chi connectivity index (χ1) is 14.3. The van der Waals surface area contributed by atoms with Crippen LogP contribution >= 0.6 is 11.3 Å². The topological polar surface area (TPSA) is 62.3 Å². The first kappa shape index (κ1) is 21.4. The standard InChI is InChI=1S/C23H22FN3O2S/c1-14-11-15(2)22(16(3)12-14)26-21(29)10-9-18-13-30-23(25-18)27(17(4)28)20-8-6-5-7-19(20)24/h5-13H,1-4H3,(H,26,29)/b10-9+. The molecule has 0 aliphatic heterocycles. The molecule has 0 fully saturated rings. The number of rotatable bonds is 5. The molecule has 3 rings (SSSR count). The maximum Gasteiger partial charge on any atom is 0.248 e. The first-order valence-corrected chi connectivity index (χ1v) is 10.2. The van der Waals surface area contributed by atoms with Crippen LogP contribution in [0.2, 0.25) is 0 Å². The molecule has 0 radical (unpaired) electrons. The van der Waals surface area contributed by atoms with Crippen LogP contribution in [-0.4, -0.2) is 16.8 Å². The zero-order valence-corrected chi connectivity index (χ0v) is 18.0. The highest BCUT2D eigenvalue weighted by Crippen LogP contribution is 2.31. The lowest BCUT2D eigenvalue weighted by atomic mass is 10.1. The van der Waals surface area contributed by atoms with Crippen molar-refractivity contribution in [1.29, 1.82) is 0 Å². The number of halogens is 1. The van der Waals surface area contributed by atoms with Crippen LogP contribution in [0, 0.1) is 26.6 Å². The number of hydrogen-bond donors (Lipinski definition) is 1. The van der Waals surface area contributed by atoms with Gasteiger partial charge in [0, 0.05) is 24.1 Å². The summed E-state index contributed by atoms with van der Waals surface area (Å²) < 4.78 is 14.2. The van der Waals surface area contributed by atoms with Crippen molar-refractivity contribution in [3.63, 3.8) is 0 Å². The number of nitrogens with one attached hydrogen (secondary N) is 1. The Morgan fingerprint density at radius 1 is 1.13 bits per heavy atom. The zero-order chi connectivity index (χ0) is 21.8. The van der Waals surface area contributed by atoms with Crippen molar-refractivity contribution in [1.82, 2.24) is 4.98 Å². The van der Waals surface area contributed by atoms with Crippen molar-refractivity contribution in [2.75, 3.05) is 10.2 Å². The van der Waals surface area contributed by atoms with Gasteiger partial charge in [0.25, 0.3) is 0 Å². The largest absolute Gasteiger partial charge is 0.322 e. The summed E-state index contributed by atoms with van der Waals surface area (Å²) in [4.78, 5) is 30.0. The predicted octanol–water partition coefficient (Wildman–Crippen LogP) is 5.54. The summed E-state index contributed by atoms with van der Waals surface area (Å²) >= 11 is 1.20. The van der Waals surface area contributed by atoms with Crippen molar-refractivity contribution < 1.29 is 14.0 Å². The molecule has 1 aromatic heterocycles. The van der Waals surface area contributed by atoms with E-state index in [1.54, 1.807) is 23.6 Å². The van der Waals surface area contributed by atoms with Gasteiger partial charge in [0.05, 0.1) is 11.4 Å². The number of aromatic nitrogens is 1. The number of anilines is 3. The molecule has 1 N–H and O–H groups in total. The van der Waals surface area contributed by atoms with E-state index in [2.05, 4.69) is 10.3 Å².